The molecule has 1 heterocycles. The van der Waals surface area contributed by atoms with E-state index < -0.39 is 5.82 Å². The highest BCUT2D eigenvalue weighted by atomic mass is 32.2. The first-order valence-corrected chi connectivity index (χ1v) is 10.1. The lowest BCUT2D eigenvalue weighted by Crippen LogP contribution is -2.11. The van der Waals surface area contributed by atoms with Crippen LogP contribution in [0.4, 0.5) is 10.2 Å². The molecule has 0 saturated heterocycles. The van der Waals surface area contributed by atoms with E-state index in [1.165, 1.54) is 18.8 Å². The van der Waals surface area contributed by atoms with Crippen molar-refractivity contribution in [3.05, 3.63) is 60.2 Å². The van der Waals surface area contributed by atoms with Crippen LogP contribution in [0.5, 0.6) is 11.5 Å². The topological polar surface area (TPSA) is 61.0 Å². The van der Waals surface area contributed by atoms with Gasteiger partial charge in [0.25, 0.3) is 0 Å². The van der Waals surface area contributed by atoms with E-state index in [1.54, 1.807) is 17.8 Å². The SMILES string of the molecule is CSc1ccc(Oc2c(C3CCC3)ccc(-c3cnc(N)cn3)c2F)cc1. The van der Waals surface area contributed by atoms with E-state index in [4.69, 9.17) is 10.5 Å². The molecular formula is C21H20FN3OS. The van der Waals surface area contributed by atoms with Crippen LogP contribution in [0.1, 0.15) is 30.7 Å². The van der Waals surface area contributed by atoms with Crippen LogP contribution in [0.25, 0.3) is 11.3 Å². The summed E-state index contributed by atoms with van der Waals surface area (Å²) in [6.07, 6.45) is 8.20. The second-order valence-electron chi connectivity index (χ2n) is 6.58. The Hall–Kier alpha value is -2.60. The van der Waals surface area contributed by atoms with Crippen molar-refractivity contribution >= 4 is 17.6 Å². The Labute approximate surface area is 162 Å². The Morgan fingerprint density at radius 1 is 1.07 bits per heavy atom. The number of hydrogen-bond acceptors (Lipinski definition) is 5. The summed E-state index contributed by atoms with van der Waals surface area (Å²) >= 11 is 1.65. The fraction of sp³-hybridized carbons (Fsp3) is 0.238. The van der Waals surface area contributed by atoms with Crippen LogP contribution < -0.4 is 10.5 Å². The van der Waals surface area contributed by atoms with Gasteiger partial charge in [0.15, 0.2) is 11.6 Å². The van der Waals surface area contributed by atoms with Gasteiger partial charge in [-0.1, -0.05) is 12.5 Å². The van der Waals surface area contributed by atoms with Crippen LogP contribution in [0.3, 0.4) is 0 Å². The molecule has 0 atom stereocenters. The van der Waals surface area contributed by atoms with Crippen molar-refractivity contribution in [2.75, 3.05) is 12.0 Å². The van der Waals surface area contributed by atoms with Gasteiger partial charge in [0, 0.05) is 16.0 Å². The van der Waals surface area contributed by atoms with Gasteiger partial charge in [-0.25, -0.2) is 9.37 Å². The first-order valence-electron chi connectivity index (χ1n) is 8.88. The molecule has 0 bridgehead atoms. The number of ether oxygens (including phenoxy) is 1. The Bertz CT molecular complexity index is 941. The Balaban J connectivity index is 1.75. The highest BCUT2D eigenvalue weighted by Gasteiger charge is 2.27. The highest BCUT2D eigenvalue weighted by molar-refractivity contribution is 7.98. The Morgan fingerprint density at radius 3 is 2.44 bits per heavy atom. The average Bonchev–Trinajstić information content (AvgIpc) is 2.65. The van der Waals surface area contributed by atoms with Crippen molar-refractivity contribution in [2.24, 2.45) is 0 Å². The molecule has 3 aromatic rings. The molecule has 0 aliphatic heterocycles. The summed E-state index contributed by atoms with van der Waals surface area (Å²) in [5, 5.41) is 0. The van der Waals surface area contributed by atoms with E-state index in [0.29, 0.717) is 28.7 Å². The maximum absolute atomic E-state index is 15.4. The van der Waals surface area contributed by atoms with Gasteiger partial charge >= 0.3 is 0 Å². The van der Waals surface area contributed by atoms with Gasteiger partial charge in [0.05, 0.1) is 18.1 Å². The minimum absolute atomic E-state index is 0.285. The van der Waals surface area contributed by atoms with Crippen molar-refractivity contribution in [1.29, 1.82) is 0 Å². The van der Waals surface area contributed by atoms with Gasteiger partial charge in [0.2, 0.25) is 0 Å². The van der Waals surface area contributed by atoms with E-state index in [1.807, 2.05) is 36.6 Å². The number of nitrogens with zero attached hydrogens (tertiary/aromatic N) is 2. The lowest BCUT2D eigenvalue weighted by atomic mass is 9.79. The van der Waals surface area contributed by atoms with Crippen molar-refractivity contribution in [2.45, 2.75) is 30.1 Å². The molecular weight excluding hydrogens is 361 g/mol. The third-order valence-corrected chi connectivity index (χ3v) is 5.64. The third-order valence-electron chi connectivity index (χ3n) is 4.90. The van der Waals surface area contributed by atoms with Gasteiger partial charge < -0.3 is 10.5 Å². The molecule has 1 aliphatic rings. The molecule has 138 valence electrons. The fourth-order valence-electron chi connectivity index (χ4n) is 3.15. The second-order valence-corrected chi connectivity index (χ2v) is 7.46. The molecule has 0 unspecified atom stereocenters. The third kappa shape index (κ3) is 3.62. The van der Waals surface area contributed by atoms with Gasteiger partial charge in [-0.2, -0.15) is 0 Å². The number of benzene rings is 2. The summed E-state index contributed by atoms with van der Waals surface area (Å²) in [4.78, 5) is 9.36. The van der Waals surface area contributed by atoms with Crippen molar-refractivity contribution < 1.29 is 9.13 Å². The number of halogens is 1. The van der Waals surface area contributed by atoms with E-state index in [9.17, 15) is 0 Å². The average molecular weight is 381 g/mol. The summed E-state index contributed by atoms with van der Waals surface area (Å²) in [6.45, 7) is 0. The molecule has 0 spiro atoms. The summed E-state index contributed by atoms with van der Waals surface area (Å²) < 4.78 is 21.5. The maximum atomic E-state index is 15.4. The molecule has 2 aromatic carbocycles. The molecule has 0 amide bonds. The zero-order valence-electron chi connectivity index (χ0n) is 15.0. The minimum atomic E-state index is -0.410. The molecule has 1 aromatic heterocycles. The summed E-state index contributed by atoms with van der Waals surface area (Å²) in [7, 11) is 0. The largest absolute Gasteiger partial charge is 0.454 e. The molecule has 1 fully saturated rings. The normalized spacial score (nSPS) is 14.0. The van der Waals surface area contributed by atoms with Gasteiger partial charge in [-0.3, -0.25) is 4.98 Å². The smallest absolute Gasteiger partial charge is 0.175 e. The van der Waals surface area contributed by atoms with Gasteiger partial charge in [-0.05, 0) is 55.3 Å². The van der Waals surface area contributed by atoms with E-state index >= 15 is 4.39 Å². The van der Waals surface area contributed by atoms with Crippen molar-refractivity contribution in [3.8, 4) is 22.8 Å². The monoisotopic (exact) mass is 381 g/mol. The van der Waals surface area contributed by atoms with Crippen LogP contribution in [0, 0.1) is 5.82 Å². The molecule has 4 rings (SSSR count). The maximum Gasteiger partial charge on any atom is 0.175 e. The molecule has 4 nitrogen and oxygen atoms in total. The van der Waals surface area contributed by atoms with Gasteiger partial charge in [0.1, 0.15) is 11.6 Å². The lowest BCUT2D eigenvalue weighted by molar-refractivity contribution is 0.384. The van der Waals surface area contributed by atoms with E-state index in [-0.39, 0.29) is 5.75 Å². The summed E-state index contributed by atoms with van der Waals surface area (Å²) in [5.41, 5.74) is 7.31. The van der Waals surface area contributed by atoms with Crippen LogP contribution in [0.15, 0.2) is 53.7 Å². The molecule has 0 radical (unpaired) electrons. The molecule has 1 aliphatic carbocycles. The van der Waals surface area contributed by atoms with Crippen LogP contribution in [-0.2, 0) is 0 Å². The Kier molecular flexibility index (Phi) is 4.99. The number of anilines is 1. The first-order chi connectivity index (χ1) is 13.2. The minimum Gasteiger partial charge on any atom is -0.454 e. The number of rotatable bonds is 5. The van der Waals surface area contributed by atoms with Gasteiger partial charge in [-0.15, -0.1) is 11.8 Å². The van der Waals surface area contributed by atoms with E-state index in [0.717, 1.165) is 23.3 Å². The van der Waals surface area contributed by atoms with E-state index in [2.05, 4.69) is 9.97 Å². The standard InChI is InChI=1S/C21H20FN3OS/c1-27-15-7-5-14(6-8-15)26-21-16(13-3-2-4-13)9-10-17(20(21)22)18-11-25-19(23)12-24-18/h5-13H,2-4H2,1H3,(H2,23,25). The van der Waals surface area contributed by atoms with Crippen LogP contribution >= 0.6 is 11.8 Å². The second kappa shape index (κ2) is 7.56. The molecule has 2 N–H and O–H groups in total. The predicted octanol–water partition coefficient (Wildman–Crippen LogP) is 5.65. The Morgan fingerprint density at radius 2 is 1.85 bits per heavy atom. The number of nitrogens with two attached hydrogens (primary N) is 1. The van der Waals surface area contributed by atoms with Crippen molar-refractivity contribution in [1.82, 2.24) is 9.97 Å². The highest BCUT2D eigenvalue weighted by Crippen LogP contribution is 2.45. The van der Waals surface area contributed by atoms with Crippen LogP contribution in [0.2, 0.25) is 0 Å². The lowest BCUT2D eigenvalue weighted by Gasteiger charge is -2.28. The zero-order chi connectivity index (χ0) is 18.8. The molecule has 27 heavy (non-hydrogen) atoms. The summed E-state index contributed by atoms with van der Waals surface area (Å²) in [6, 6.07) is 11.4. The number of thioether (sulfide) groups is 1. The number of aromatic nitrogens is 2. The fourth-order valence-corrected chi connectivity index (χ4v) is 3.56. The quantitative estimate of drug-likeness (QED) is 0.579. The number of nitrogen functional groups attached to an aromatic ring is 1. The number of hydrogen-bond donors (Lipinski definition) is 1. The van der Waals surface area contributed by atoms with Crippen LogP contribution in [-0.4, -0.2) is 16.2 Å². The predicted molar refractivity (Wildman–Crippen MR) is 107 cm³/mol. The first kappa shape index (κ1) is 17.8. The molecule has 1 saturated carbocycles. The van der Waals surface area contributed by atoms with Crippen molar-refractivity contribution in [3.63, 3.8) is 0 Å². The molecule has 6 heteroatoms. The summed E-state index contributed by atoms with van der Waals surface area (Å²) in [5.74, 6) is 1.13. The zero-order valence-corrected chi connectivity index (χ0v) is 15.8.